The minimum atomic E-state index is -1.03. The molecule has 3 saturated heterocycles. The van der Waals surface area contributed by atoms with Gasteiger partial charge >= 0.3 is 0 Å². The lowest BCUT2D eigenvalue weighted by Crippen LogP contribution is -2.53. The van der Waals surface area contributed by atoms with Crippen LogP contribution in [0.5, 0.6) is 0 Å². The molecular weight excluding hydrogens is 470 g/mol. The fourth-order valence-electron chi connectivity index (χ4n) is 6.52. The van der Waals surface area contributed by atoms with Gasteiger partial charge in [-0.05, 0) is 69.2 Å². The molecule has 5 atom stereocenters. The summed E-state index contributed by atoms with van der Waals surface area (Å²) in [6, 6.07) is 14.2. The predicted molar refractivity (Wildman–Crippen MR) is 140 cm³/mol. The Bertz CT molecular complexity index is 1170. The molecule has 2 unspecified atom stereocenters. The Morgan fingerprint density at radius 3 is 2.43 bits per heavy atom. The zero-order chi connectivity index (χ0) is 26.2. The average Bonchev–Trinajstić information content (AvgIpc) is 3.52. The molecule has 3 heterocycles. The zero-order valence-electron chi connectivity index (χ0n) is 21.4. The summed E-state index contributed by atoms with van der Waals surface area (Å²) in [6.07, 6.45) is 2.82. The number of rotatable bonds is 9. The quantitative estimate of drug-likeness (QED) is 0.453. The summed E-state index contributed by atoms with van der Waals surface area (Å²) in [5.74, 6) is -2.07. The molecule has 2 aromatic carbocycles. The van der Waals surface area contributed by atoms with Crippen molar-refractivity contribution in [1.82, 2.24) is 4.90 Å². The van der Waals surface area contributed by atoms with Gasteiger partial charge in [-0.1, -0.05) is 36.4 Å². The second-order valence-electron chi connectivity index (χ2n) is 10.5. The van der Waals surface area contributed by atoms with Crippen molar-refractivity contribution < 1.29 is 24.2 Å². The number of amides is 3. The third-order valence-electron chi connectivity index (χ3n) is 8.18. The molecule has 0 aromatic heterocycles. The lowest BCUT2D eigenvalue weighted by atomic mass is 9.70. The number of likely N-dealkylation sites (tertiary alicyclic amines) is 1. The molecule has 2 bridgehead atoms. The van der Waals surface area contributed by atoms with Crippen LogP contribution in [0.4, 0.5) is 11.4 Å². The lowest BCUT2D eigenvalue weighted by Gasteiger charge is -2.33. The van der Waals surface area contributed by atoms with Gasteiger partial charge < -0.3 is 25.4 Å². The Balaban J connectivity index is 1.45. The van der Waals surface area contributed by atoms with Gasteiger partial charge in [0.1, 0.15) is 11.6 Å². The van der Waals surface area contributed by atoms with Crippen molar-refractivity contribution in [1.29, 1.82) is 0 Å². The number of anilines is 2. The number of ether oxygens (including phenoxy) is 1. The number of nitrogens with zero attached hydrogens (tertiary/aromatic N) is 1. The van der Waals surface area contributed by atoms with Crippen molar-refractivity contribution >= 4 is 29.1 Å². The van der Waals surface area contributed by atoms with Crippen LogP contribution >= 0.6 is 0 Å². The van der Waals surface area contributed by atoms with Gasteiger partial charge in [-0.25, -0.2) is 0 Å². The van der Waals surface area contributed by atoms with Gasteiger partial charge in [0.25, 0.3) is 0 Å². The van der Waals surface area contributed by atoms with Crippen molar-refractivity contribution in [2.75, 3.05) is 23.8 Å². The smallest absolute Gasteiger partial charge is 0.250 e. The number of benzene rings is 2. The van der Waals surface area contributed by atoms with E-state index in [4.69, 9.17) is 4.74 Å². The second-order valence-corrected chi connectivity index (χ2v) is 10.5. The summed E-state index contributed by atoms with van der Waals surface area (Å²) in [7, 11) is 0. The predicted octanol–water partition coefficient (Wildman–Crippen LogP) is 3.42. The van der Waals surface area contributed by atoms with E-state index in [0.29, 0.717) is 37.9 Å². The van der Waals surface area contributed by atoms with E-state index in [1.165, 1.54) is 0 Å². The first-order valence-corrected chi connectivity index (χ1v) is 13.2. The molecular formula is C29H35N3O5. The largest absolute Gasteiger partial charge is 0.396 e. The minimum absolute atomic E-state index is 0.0868. The Morgan fingerprint density at radius 1 is 1.00 bits per heavy atom. The van der Waals surface area contributed by atoms with Crippen LogP contribution in [-0.2, 0) is 19.1 Å². The number of aliphatic hydroxyl groups is 1. The number of aryl methyl sites for hydroxylation is 2. The molecule has 2 aromatic rings. The molecule has 3 N–H and O–H groups in total. The normalized spacial score (nSPS) is 27.9. The molecule has 1 spiro atoms. The fraction of sp³-hybridized carbons (Fsp3) is 0.483. The first-order valence-electron chi connectivity index (χ1n) is 13.2. The molecule has 3 amide bonds. The third-order valence-corrected chi connectivity index (χ3v) is 8.18. The van der Waals surface area contributed by atoms with E-state index < -0.39 is 29.6 Å². The number of fused-ring (bicyclic) bond motifs is 1. The Hall–Kier alpha value is -3.23. The van der Waals surface area contributed by atoms with Gasteiger partial charge in [0.05, 0.1) is 17.9 Å². The SMILES string of the molecule is Cc1cccc(C)c1NC(=O)C1N(CCCCCO)C(=O)[C@@H]2[C@@H](C(=O)Nc3ccccc3)[C@H]3CCC12O3. The molecule has 3 fully saturated rings. The van der Waals surface area contributed by atoms with Crippen LogP contribution in [0.15, 0.2) is 48.5 Å². The Morgan fingerprint density at radius 2 is 1.73 bits per heavy atom. The summed E-state index contributed by atoms with van der Waals surface area (Å²) in [5.41, 5.74) is 2.26. The van der Waals surface area contributed by atoms with Crippen LogP contribution in [0.1, 0.15) is 43.2 Å². The number of carbonyl (C=O) groups is 3. The first-order chi connectivity index (χ1) is 17.9. The highest BCUT2D eigenvalue weighted by molar-refractivity contribution is 6.05. The molecule has 37 heavy (non-hydrogen) atoms. The Labute approximate surface area is 217 Å². The number of para-hydroxylation sites is 2. The second kappa shape index (κ2) is 10.3. The molecule has 0 saturated carbocycles. The van der Waals surface area contributed by atoms with Crippen LogP contribution in [-0.4, -0.2) is 58.6 Å². The highest BCUT2D eigenvalue weighted by Gasteiger charge is 2.74. The van der Waals surface area contributed by atoms with Gasteiger partial charge in [-0.3, -0.25) is 14.4 Å². The van der Waals surface area contributed by atoms with Crippen molar-refractivity contribution in [2.45, 2.75) is 63.7 Å². The van der Waals surface area contributed by atoms with E-state index in [2.05, 4.69) is 10.6 Å². The van der Waals surface area contributed by atoms with Gasteiger partial charge in [0, 0.05) is 24.5 Å². The number of nitrogens with one attached hydrogen (secondary N) is 2. The van der Waals surface area contributed by atoms with E-state index in [-0.39, 0.29) is 24.3 Å². The number of unbranched alkanes of at least 4 members (excludes halogenated alkanes) is 2. The fourth-order valence-corrected chi connectivity index (χ4v) is 6.52. The molecule has 0 aliphatic carbocycles. The van der Waals surface area contributed by atoms with E-state index >= 15 is 0 Å². The molecule has 8 heteroatoms. The van der Waals surface area contributed by atoms with E-state index in [9.17, 15) is 19.5 Å². The third kappa shape index (κ3) is 4.42. The molecule has 3 aliphatic heterocycles. The number of hydrogen-bond acceptors (Lipinski definition) is 5. The summed E-state index contributed by atoms with van der Waals surface area (Å²) in [5, 5.41) is 15.2. The van der Waals surface area contributed by atoms with Crippen molar-refractivity contribution in [2.24, 2.45) is 11.8 Å². The van der Waals surface area contributed by atoms with Crippen LogP contribution in [0.3, 0.4) is 0 Å². The standard InChI is InChI=1S/C29H35N3O5/c1-18-10-9-11-19(2)24(18)31-27(35)25-29-15-14-21(37-29)22(26(34)30-20-12-5-3-6-13-20)23(29)28(36)32(25)16-7-4-8-17-33/h3,5-6,9-13,21-23,25,33H,4,7-8,14-17H2,1-2H3,(H,30,34)(H,31,35)/t21-,22+,23+,25?,29?/m1/s1. The topological polar surface area (TPSA) is 108 Å². The van der Waals surface area contributed by atoms with Crippen molar-refractivity contribution in [3.8, 4) is 0 Å². The first kappa shape index (κ1) is 25.4. The summed E-state index contributed by atoms with van der Waals surface area (Å²) >= 11 is 0. The molecule has 3 aliphatic rings. The maximum atomic E-state index is 13.9. The lowest BCUT2D eigenvalue weighted by molar-refractivity contribution is -0.139. The highest BCUT2D eigenvalue weighted by atomic mass is 16.5. The summed E-state index contributed by atoms with van der Waals surface area (Å²) in [4.78, 5) is 43.0. The van der Waals surface area contributed by atoms with Crippen molar-refractivity contribution in [3.05, 3.63) is 59.7 Å². The molecule has 0 radical (unpaired) electrons. The maximum Gasteiger partial charge on any atom is 0.250 e. The maximum absolute atomic E-state index is 13.9. The highest BCUT2D eigenvalue weighted by Crippen LogP contribution is 2.58. The minimum Gasteiger partial charge on any atom is -0.396 e. The van der Waals surface area contributed by atoms with Gasteiger partial charge in [-0.15, -0.1) is 0 Å². The van der Waals surface area contributed by atoms with Crippen LogP contribution in [0.25, 0.3) is 0 Å². The molecule has 5 rings (SSSR count). The zero-order valence-corrected chi connectivity index (χ0v) is 21.4. The van der Waals surface area contributed by atoms with Crippen LogP contribution in [0, 0.1) is 25.7 Å². The van der Waals surface area contributed by atoms with Gasteiger partial charge in [-0.2, -0.15) is 0 Å². The summed E-state index contributed by atoms with van der Waals surface area (Å²) < 4.78 is 6.49. The van der Waals surface area contributed by atoms with Crippen LogP contribution < -0.4 is 10.6 Å². The van der Waals surface area contributed by atoms with E-state index in [0.717, 1.165) is 23.2 Å². The van der Waals surface area contributed by atoms with Gasteiger partial charge in [0.15, 0.2) is 0 Å². The number of hydrogen-bond donors (Lipinski definition) is 3. The molecule has 196 valence electrons. The van der Waals surface area contributed by atoms with E-state index in [1.807, 2.05) is 62.4 Å². The number of aliphatic hydroxyl groups excluding tert-OH is 1. The average molecular weight is 506 g/mol. The van der Waals surface area contributed by atoms with E-state index in [1.54, 1.807) is 4.90 Å². The number of carbonyl (C=O) groups excluding carboxylic acids is 3. The Kier molecular flexibility index (Phi) is 7.05. The molecule has 8 nitrogen and oxygen atoms in total. The van der Waals surface area contributed by atoms with Crippen LogP contribution in [0.2, 0.25) is 0 Å². The van der Waals surface area contributed by atoms with Crippen molar-refractivity contribution in [3.63, 3.8) is 0 Å². The summed E-state index contributed by atoms with van der Waals surface area (Å²) in [6.45, 7) is 4.35. The van der Waals surface area contributed by atoms with Gasteiger partial charge in [0.2, 0.25) is 17.7 Å². The monoisotopic (exact) mass is 505 g/mol.